The number of nitrogens with zero attached hydrogens (tertiary/aromatic N) is 1. The Morgan fingerprint density at radius 1 is 1.43 bits per heavy atom. The zero-order valence-corrected chi connectivity index (χ0v) is 9.05. The average molecular weight is 199 g/mol. The molecule has 0 aliphatic rings. The van der Waals surface area contributed by atoms with Gasteiger partial charge in [-0.1, -0.05) is 6.08 Å². The molecule has 0 aromatic rings. The summed E-state index contributed by atoms with van der Waals surface area (Å²) in [6.45, 7) is 3.70. The molecular formula is C9H17N3O2. The van der Waals surface area contributed by atoms with E-state index in [0.29, 0.717) is 5.57 Å². The molecule has 0 aliphatic heterocycles. The van der Waals surface area contributed by atoms with Crippen LogP contribution in [-0.2, 0) is 4.79 Å². The summed E-state index contributed by atoms with van der Waals surface area (Å²) in [5.74, 6) is -0.164. The van der Waals surface area contributed by atoms with Crippen molar-refractivity contribution in [3.8, 4) is 0 Å². The van der Waals surface area contributed by atoms with E-state index < -0.39 is 0 Å². The SMILES string of the molecule is C/C=C(\C)C(=O)NCN(C)C(=O)NC. The van der Waals surface area contributed by atoms with E-state index in [1.54, 1.807) is 27.0 Å². The molecule has 80 valence electrons. The van der Waals surface area contributed by atoms with E-state index in [1.165, 1.54) is 11.9 Å². The summed E-state index contributed by atoms with van der Waals surface area (Å²) in [6.07, 6.45) is 1.72. The largest absolute Gasteiger partial charge is 0.341 e. The van der Waals surface area contributed by atoms with E-state index in [0.717, 1.165) is 0 Å². The Morgan fingerprint density at radius 3 is 2.43 bits per heavy atom. The van der Waals surface area contributed by atoms with Crippen molar-refractivity contribution in [2.75, 3.05) is 20.8 Å². The Balaban J connectivity index is 3.95. The topological polar surface area (TPSA) is 61.4 Å². The van der Waals surface area contributed by atoms with Gasteiger partial charge in [0.25, 0.3) is 0 Å². The molecule has 0 saturated heterocycles. The number of carbonyl (C=O) groups is 2. The maximum Gasteiger partial charge on any atom is 0.318 e. The molecule has 0 aromatic carbocycles. The lowest BCUT2D eigenvalue weighted by Crippen LogP contribution is -2.42. The van der Waals surface area contributed by atoms with E-state index in [1.807, 2.05) is 0 Å². The molecule has 5 heteroatoms. The standard InChI is InChI=1S/C9H17N3O2/c1-5-7(2)8(13)11-6-12(4)9(14)10-3/h5H,6H2,1-4H3,(H,10,14)(H,11,13)/b7-5+. The van der Waals surface area contributed by atoms with Gasteiger partial charge in [-0.3, -0.25) is 4.79 Å². The smallest absolute Gasteiger partial charge is 0.318 e. The third-order valence-corrected chi connectivity index (χ3v) is 1.83. The van der Waals surface area contributed by atoms with Gasteiger partial charge in [0.1, 0.15) is 0 Å². The summed E-state index contributed by atoms with van der Waals surface area (Å²) in [4.78, 5) is 23.6. The summed E-state index contributed by atoms with van der Waals surface area (Å²) >= 11 is 0. The molecule has 0 bridgehead atoms. The maximum atomic E-state index is 11.3. The normalized spacial score (nSPS) is 10.7. The zero-order chi connectivity index (χ0) is 11.1. The van der Waals surface area contributed by atoms with Gasteiger partial charge < -0.3 is 15.5 Å². The fourth-order valence-corrected chi connectivity index (χ4v) is 0.724. The minimum atomic E-state index is -0.233. The van der Waals surface area contributed by atoms with Gasteiger partial charge in [0.05, 0.1) is 6.67 Å². The Hall–Kier alpha value is -1.52. The molecule has 0 saturated carbocycles. The predicted molar refractivity (Wildman–Crippen MR) is 54.7 cm³/mol. The summed E-state index contributed by atoms with van der Waals surface area (Å²) in [7, 11) is 3.14. The molecule has 0 heterocycles. The highest BCUT2D eigenvalue weighted by atomic mass is 16.2. The van der Waals surface area contributed by atoms with Gasteiger partial charge in [-0.25, -0.2) is 4.79 Å². The van der Waals surface area contributed by atoms with Crippen LogP contribution < -0.4 is 10.6 Å². The highest BCUT2D eigenvalue weighted by molar-refractivity contribution is 5.92. The predicted octanol–water partition coefficient (Wildman–Crippen LogP) is 0.297. The molecular weight excluding hydrogens is 182 g/mol. The number of carbonyl (C=O) groups excluding carboxylic acids is 2. The summed E-state index contributed by atoms with van der Waals surface area (Å²) in [6, 6.07) is -0.233. The number of hydrogen-bond acceptors (Lipinski definition) is 2. The van der Waals surface area contributed by atoms with Crippen LogP contribution in [0.1, 0.15) is 13.8 Å². The second kappa shape index (κ2) is 6.01. The van der Waals surface area contributed by atoms with Gasteiger partial charge in [-0.15, -0.1) is 0 Å². The number of rotatable bonds is 3. The first-order valence-corrected chi connectivity index (χ1v) is 4.36. The van der Waals surface area contributed by atoms with Crippen molar-refractivity contribution >= 4 is 11.9 Å². The van der Waals surface area contributed by atoms with Gasteiger partial charge in [-0.2, -0.15) is 0 Å². The molecule has 0 spiro atoms. The monoisotopic (exact) mass is 199 g/mol. The number of allylic oxidation sites excluding steroid dienone is 1. The number of nitrogens with one attached hydrogen (secondary N) is 2. The van der Waals surface area contributed by atoms with Crippen molar-refractivity contribution in [2.45, 2.75) is 13.8 Å². The van der Waals surface area contributed by atoms with E-state index >= 15 is 0 Å². The van der Waals surface area contributed by atoms with Crippen molar-refractivity contribution in [3.05, 3.63) is 11.6 Å². The lowest BCUT2D eigenvalue weighted by Gasteiger charge is -2.16. The molecule has 0 aromatic heterocycles. The Kier molecular flexibility index (Phi) is 5.36. The lowest BCUT2D eigenvalue weighted by atomic mass is 10.3. The van der Waals surface area contributed by atoms with Crippen LogP contribution in [-0.4, -0.2) is 37.6 Å². The zero-order valence-electron chi connectivity index (χ0n) is 9.05. The second-order valence-electron chi connectivity index (χ2n) is 2.89. The highest BCUT2D eigenvalue weighted by Gasteiger charge is 2.07. The number of urea groups is 1. The first-order chi connectivity index (χ1) is 6.52. The van der Waals surface area contributed by atoms with Crippen LogP contribution in [0.3, 0.4) is 0 Å². The third kappa shape index (κ3) is 3.93. The molecule has 0 radical (unpaired) electrons. The molecule has 0 fully saturated rings. The maximum absolute atomic E-state index is 11.3. The van der Waals surface area contributed by atoms with E-state index in [9.17, 15) is 9.59 Å². The van der Waals surface area contributed by atoms with Crippen LogP contribution in [0.25, 0.3) is 0 Å². The third-order valence-electron chi connectivity index (χ3n) is 1.83. The van der Waals surface area contributed by atoms with Crippen molar-refractivity contribution in [3.63, 3.8) is 0 Å². The minimum absolute atomic E-state index is 0.164. The van der Waals surface area contributed by atoms with Crippen molar-refractivity contribution in [1.29, 1.82) is 0 Å². The molecule has 0 rings (SSSR count). The van der Waals surface area contributed by atoms with Gasteiger partial charge >= 0.3 is 6.03 Å². The van der Waals surface area contributed by atoms with Crippen LogP contribution in [0.5, 0.6) is 0 Å². The van der Waals surface area contributed by atoms with Crippen molar-refractivity contribution in [2.24, 2.45) is 0 Å². The molecule has 14 heavy (non-hydrogen) atoms. The summed E-state index contributed by atoms with van der Waals surface area (Å²) < 4.78 is 0. The first-order valence-electron chi connectivity index (χ1n) is 4.36. The lowest BCUT2D eigenvalue weighted by molar-refractivity contribution is -0.117. The Labute approximate surface area is 84.2 Å². The Morgan fingerprint density at radius 2 is 2.00 bits per heavy atom. The van der Waals surface area contributed by atoms with E-state index in [-0.39, 0.29) is 18.6 Å². The number of hydrogen-bond donors (Lipinski definition) is 2. The van der Waals surface area contributed by atoms with Crippen LogP contribution in [0.15, 0.2) is 11.6 Å². The Bertz CT molecular complexity index is 248. The van der Waals surface area contributed by atoms with E-state index in [4.69, 9.17) is 0 Å². The summed E-state index contributed by atoms with van der Waals surface area (Å²) in [5, 5.41) is 5.06. The van der Waals surface area contributed by atoms with Gasteiger partial charge in [0.15, 0.2) is 0 Å². The van der Waals surface area contributed by atoms with Crippen LogP contribution in [0, 0.1) is 0 Å². The van der Waals surface area contributed by atoms with Crippen molar-refractivity contribution < 1.29 is 9.59 Å². The van der Waals surface area contributed by atoms with E-state index in [2.05, 4.69) is 10.6 Å². The molecule has 0 atom stereocenters. The second-order valence-corrected chi connectivity index (χ2v) is 2.89. The molecule has 2 N–H and O–H groups in total. The number of amides is 3. The summed E-state index contributed by atoms with van der Waals surface area (Å²) in [5.41, 5.74) is 0.635. The van der Waals surface area contributed by atoms with Crippen molar-refractivity contribution in [1.82, 2.24) is 15.5 Å². The van der Waals surface area contributed by atoms with Gasteiger partial charge in [0.2, 0.25) is 5.91 Å². The fourth-order valence-electron chi connectivity index (χ4n) is 0.724. The molecule has 0 aliphatic carbocycles. The molecule has 5 nitrogen and oxygen atoms in total. The average Bonchev–Trinajstić information content (AvgIpc) is 2.22. The van der Waals surface area contributed by atoms with Crippen LogP contribution in [0.4, 0.5) is 4.79 Å². The van der Waals surface area contributed by atoms with Gasteiger partial charge in [0, 0.05) is 19.7 Å². The minimum Gasteiger partial charge on any atom is -0.341 e. The molecule has 0 unspecified atom stereocenters. The van der Waals surface area contributed by atoms with Crippen LogP contribution >= 0.6 is 0 Å². The van der Waals surface area contributed by atoms with Gasteiger partial charge in [-0.05, 0) is 13.8 Å². The quantitative estimate of drug-likeness (QED) is 0.507. The fraction of sp³-hybridized carbons (Fsp3) is 0.556. The van der Waals surface area contributed by atoms with Crippen LogP contribution in [0.2, 0.25) is 0 Å². The highest BCUT2D eigenvalue weighted by Crippen LogP contribution is 1.90. The molecule has 3 amide bonds. The first kappa shape index (κ1) is 12.5.